The molecule has 0 heterocycles. The van der Waals surface area contributed by atoms with Crippen LogP contribution in [0, 0.1) is 0 Å². The van der Waals surface area contributed by atoms with E-state index in [-0.39, 0.29) is 5.56 Å². The van der Waals surface area contributed by atoms with Crippen LogP contribution in [0.25, 0.3) is 0 Å². The first-order chi connectivity index (χ1) is 7.10. The van der Waals surface area contributed by atoms with Crippen LogP contribution in [0.5, 0.6) is 11.5 Å². The number of aliphatic hydroxyl groups is 1. The van der Waals surface area contributed by atoms with E-state index in [0.29, 0.717) is 11.5 Å². The predicted octanol–water partition coefficient (Wildman–Crippen LogP) is 0.822. The molecule has 1 aromatic rings. The molecule has 0 aromatic heterocycles. The molecule has 2 N–H and O–H groups in total. The van der Waals surface area contributed by atoms with Crippen molar-refractivity contribution in [3.8, 4) is 11.5 Å². The Hall–Kier alpha value is -1.75. The topological polar surface area (TPSA) is 76.0 Å². The molecule has 0 unspecified atom stereocenters. The lowest BCUT2D eigenvalue weighted by atomic mass is 10.1. The Morgan fingerprint density at radius 1 is 1.27 bits per heavy atom. The van der Waals surface area contributed by atoms with Gasteiger partial charge in [0.15, 0.2) is 17.6 Å². The van der Waals surface area contributed by atoms with Crippen LogP contribution in [0.3, 0.4) is 0 Å². The van der Waals surface area contributed by atoms with Gasteiger partial charge >= 0.3 is 5.97 Å². The fourth-order valence-electron chi connectivity index (χ4n) is 1.17. The van der Waals surface area contributed by atoms with Gasteiger partial charge in [0, 0.05) is 0 Å². The van der Waals surface area contributed by atoms with Crippen molar-refractivity contribution in [3.05, 3.63) is 23.8 Å². The Balaban J connectivity index is 3.07. The monoisotopic (exact) mass is 212 g/mol. The van der Waals surface area contributed by atoms with Gasteiger partial charge in [0.25, 0.3) is 0 Å². The maximum Gasteiger partial charge on any atom is 0.337 e. The number of ether oxygens (including phenoxy) is 2. The van der Waals surface area contributed by atoms with Gasteiger partial charge in [0.05, 0.1) is 14.2 Å². The van der Waals surface area contributed by atoms with Crippen molar-refractivity contribution in [1.82, 2.24) is 0 Å². The molecule has 0 spiro atoms. The zero-order chi connectivity index (χ0) is 11.4. The molecule has 5 heteroatoms. The Bertz CT molecular complexity index is 361. The number of hydrogen-bond acceptors (Lipinski definition) is 4. The quantitative estimate of drug-likeness (QED) is 0.772. The van der Waals surface area contributed by atoms with Gasteiger partial charge in [-0.2, -0.15) is 0 Å². The highest BCUT2D eigenvalue weighted by molar-refractivity contribution is 5.74. The van der Waals surface area contributed by atoms with Gasteiger partial charge in [0.2, 0.25) is 0 Å². The van der Waals surface area contributed by atoms with E-state index in [2.05, 4.69) is 0 Å². The molecule has 0 amide bonds. The molecule has 5 nitrogen and oxygen atoms in total. The summed E-state index contributed by atoms with van der Waals surface area (Å²) in [5.74, 6) is -0.434. The molecule has 1 atom stereocenters. The van der Waals surface area contributed by atoms with Gasteiger partial charge in [-0.15, -0.1) is 0 Å². The van der Waals surface area contributed by atoms with Crippen LogP contribution in [0.1, 0.15) is 11.7 Å². The Morgan fingerprint density at radius 3 is 2.33 bits per heavy atom. The first-order valence-corrected chi connectivity index (χ1v) is 4.23. The highest BCUT2D eigenvalue weighted by atomic mass is 16.5. The third-order valence-corrected chi connectivity index (χ3v) is 1.96. The summed E-state index contributed by atoms with van der Waals surface area (Å²) in [4.78, 5) is 10.5. The molecular formula is C10H12O5. The summed E-state index contributed by atoms with van der Waals surface area (Å²) in [6, 6.07) is 4.44. The van der Waals surface area contributed by atoms with Gasteiger partial charge in [0.1, 0.15) is 0 Å². The Labute approximate surface area is 86.9 Å². The number of methoxy groups -OCH3 is 2. The van der Waals surface area contributed by atoms with E-state index in [1.165, 1.54) is 26.4 Å². The highest BCUT2D eigenvalue weighted by Crippen LogP contribution is 2.29. The molecule has 0 radical (unpaired) electrons. The van der Waals surface area contributed by atoms with Crippen LogP contribution in [0.2, 0.25) is 0 Å². The van der Waals surface area contributed by atoms with Crippen molar-refractivity contribution < 1.29 is 24.5 Å². The van der Waals surface area contributed by atoms with E-state index in [4.69, 9.17) is 14.6 Å². The minimum atomic E-state index is -1.55. The van der Waals surface area contributed by atoms with Crippen molar-refractivity contribution in [2.45, 2.75) is 6.10 Å². The number of hydrogen-bond donors (Lipinski definition) is 2. The largest absolute Gasteiger partial charge is 0.493 e. The summed E-state index contributed by atoms with van der Waals surface area (Å²) < 4.78 is 9.96. The van der Waals surface area contributed by atoms with E-state index >= 15 is 0 Å². The van der Waals surface area contributed by atoms with E-state index in [1.54, 1.807) is 6.07 Å². The molecule has 0 aliphatic heterocycles. The highest BCUT2D eigenvalue weighted by Gasteiger charge is 2.17. The van der Waals surface area contributed by atoms with Crippen LogP contribution in [0.15, 0.2) is 18.2 Å². The fourth-order valence-corrected chi connectivity index (χ4v) is 1.17. The van der Waals surface area contributed by atoms with E-state index in [0.717, 1.165) is 0 Å². The van der Waals surface area contributed by atoms with E-state index in [1.807, 2.05) is 0 Å². The second kappa shape index (κ2) is 4.65. The van der Waals surface area contributed by atoms with Crippen LogP contribution < -0.4 is 9.47 Å². The number of carboxylic acids is 1. The molecule has 1 rings (SSSR count). The summed E-state index contributed by atoms with van der Waals surface area (Å²) in [6.07, 6.45) is -1.55. The second-order valence-corrected chi connectivity index (χ2v) is 2.86. The lowest BCUT2D eigenvalue weighted by molar-refractivity contribution is -0.146. The number of aliphatic carboxylic acids is 1. The fraction of sp³-hybridized carbons (Fsp3) is 0.300. The van der Waals surface area contributed by atoms with Crippen LogP contribution >= 0.6 is 0 Å². The second-order valence-electron chi connectivity index (χ2n) is 2.86. The molecule has 0 saturated heterocycles. The maximum atomic E-state index is 10.5. The summed E-state index contributed by atoms with van der Waals surface area (Å²) in [5.41, 5.74) is 0.250. The predicted molar refractivity (Wildman–Crippen MR) is 52.1 cm³/mol. The third-order valence-electron chi connectivity index (χ3n) is 1.96. The standard InChI is InChI=1S/C10H12O5/c1-14-7-4-3-6(5-8(7)15-2)9(11)10(12)13/h3-5,9,11H,1-2H3,(H,12,13)/t9-/m1/s1. The molecule has 0 fully saturated rings. The molecule has 82 valence electrons. The van der Waals surface area contributed by atoms with Gasteiger partial charge in [-0.3, -0.25) is 0 Å². The summed E-state index contributed by atoms with van der Waals surface area (Å²) >= 11 is 0. The first kappa shape index (κ1) is 11.3. The van der Waals surface area contributed by atoms with Gasteiger partial charge in [-0.1, -0.05) is 6.07 Å². The lowest BCUT2D eigenvalue weighted by Gasteiger charge is -2.11. The van der Waals surface area contributed by atoms with Gasteiger partial charge < -0.3 is 19.7 Å². The molecule has 1 aromatic carbocycles. The zero-order valence-electron chi connectivity index (χ0n) is 8.43. The maximum absolute atomic E-state index is 10.5. The Kier molecular flexibility index (Phi) is 3.51. The van der Waals surface area contributed by atoms with Gasteiger partial charge in [-0.25, -0.2) is 4.79 Å². The Morgan fingerprint density at radius 2 is 1.87 bits per heavy atom. The first-order valence-electron chi connectivity index (χ1n) is 4.23. The summed E-state index contributed by atoms with van der Waals surface area (Å²) in [5, 5.41) is 17.9. The van der Waals surface area contributed by atoms with Crippen LogP contribution in [-0.2, 0) is 4.79 Å². The minimum absolute atomic E-state index is 0.250. The molecule has 15 heavy (non-hydrogen) atoms. The SMILES string of the molecule is COc1ccc([C@@H](O)C(=O)O)cc1OC. The summed E-state index contributed by atoms with van der Waals surface area (Å²) in [7, 11) is 2.92. The van der Waals surface area contributed by atoms with Crippen molar-refractivity contribution in [1.29, 1.82) is 0 Å². The van der Waals surface area contributed by atoms with E-state index in [9.17, 15) is 9.90 Å². The number of aliphatic hydroxyl groups excluding tert-OH is 1. The molecule has 0 saturated carbocycles. The molecule has 0 aliphatic rings. The minimum Gasteiger partial charge on any atom is -0.493 e. The molecule has 0 bridgehead atoms. The van der Waals surface area contributed by atoms with Crippen molar-refractivity contribution in [2.75, 3.05) is 14.2 Å². The molecule has 0 aliphatic carbocycles. The van der Waals surface area contributed by atoms with Crippen molar-refractivity contribution in [3.63, 3.8) is 0 Å². The average Bonchev–Trinajstić information content (AvgIpc) is 2.26. The number of benzene rings is 1. The van der Waals surface area contributed by atoms with Crippen molar-refractivity contribution >= 4 is 5.97 Å². The normalized spacial score (nSPS) is 11.9. The van der Waals surface area contributed by atoms with Crippen LogP contribution in [0.4, 0.5) is 0 Å². The number of carbonyl (C=O) groups is 1. The molecular weight excluding hydrogens is 200 g/mol. The summed E-state index contributed by atoms with van der Waals surface area (Å²) in [6.45, 7) is 0. The van der Waals surface area contributed by atoms with E-state index < -0.39 is 12.1 Å². The smallest absolute Gasteiger partial charge is 0.337 e. The van der Waals surface area contributed by atoms with Crippen LogP contribution in [-0.4, -0.2) is 30.4 Å². The average molecular weight is 212 g/mol. The van der Waals surface area contributed by atoms with Gasteiger partial charge in [-0.05, 0) is 17.7 Å². The third kappa shape index (κ3) is 2.38. The lowest BCUT2D eigenvalue weighted by Crippen LogP contribution is -2.10. The zero-order valence-corrected chi connectivity index (χ0v) is 8.43. The number of carboxylic acid groups (broad SMARTS) is 1. The van der Waals surface area contributed by atoms with Crippen molar-refractivity contribution in [2.24, 2.45) is 0 Å². The number of rotatable bonds is 4.